The molecule has 0 atom stereocenters. The number of nitrogens with one attached hydrogen (secondary N) is 2. The molecule has 3 aromatic rings. The number of piperazine rings is 2. The minimum atomic E-state index is -3.52. The number of anilines is 1. The molecule has 12 heteroatoms. The van der Waals surface area contributed by atoms with Crippen molar-refractivity contribution >= 4 is 21.5 Å². The van der Waals surface area contributed by atoms with E-state index in [0.717, 1.165) is 64.1 Å². The summed E-state index contributed by atoms with van der Waals surface area (Å²) < 4.78 is 29.2. The van der Waals surface area contributed by atoms with Crippen molar-refractivity contribution in [2.45, 2.75) is 24.2 Å². The molecule has 2 aliphatic heterocycles. The first kappa shape index (κ1) is 25.9. The first-order valence-corrected chi connectivity index (χ1v) is 14.5. The number of hydrogen-bond acceptors (Lipinski definition) is 8. The number of rotatable bonds is 9. The van der Waals surface area contributed by atoms with E-state index < -0.39 is 10.0 Å². The SMILES string of the molecule is NCCCCCN1CCN(c2cn3cc(-c4ccc(S(=O)(=O)N5CCNCC5)cc4)nc3[nH]c2=O)CC1. The van der Waals surface area contributed by atoms with Gasteiger partial charge in [0.15, 0.2) is 0 Å². The van der Waals surface area contributed by atoms with E-state index >= 15 is 0 Å². The van der Waals surface area contributed by atoms with E-state index in [1.807, 2.05) is 16.8 Å². The lowest BCUT2D eigenvalue weighted by atomic mass is 10.2. The molecule has 2 aromatic heterocycles. The van der Waals surface area contributed by atoms with Crippen LogP contribution in [0.25, 0.3) is 17.0 Å². The quantitative estimate of drug-likeness (QED) is 0.343. The van der Waals surface area contributed by atoms with Gasteiger partial charge in [-0.1, -0.05) is 18.6 Å². The first-order chi connectivity index (χ1) is 18.0. The van der Waals surface area contributed by atoms with Gasteiger partial charge >= 0.3 is 0 Å². The lowest BCUT2D eigenvalue weighted by molar-refractivity contribution is 0.252. The highest BCUT2D eigenvalue weighted by Gasteiger charge is 2.26. The third-order valence-corrected chi connectivity index (χ3v) is 9.12. The van der Waals surface area contributed by atoms with Crippen LogP contribution >= 0.6 is 0 Å². The summed E-state index contributed by atoms with van der Waals surface area (Å²) in [6.45, 7) is 7.53. The van der Waals surface area contributed by atoms with Gasteiger partial charge in [-0.3, -0.25) is 19.1 Å². The molecule has 0 amide bonds. The van der Waals surface area contributed by atoms with Crippen LogP contribution in [0.5, 0.6) is 0 Å². The van der Waals surface area contributed by atoms with Gasteiger partial charge in [0.1, 0.15) is 5.69 Å². The predicted octanol–water partition coefficient (Wildman–Crippen LogP) is 0.535. The molecule has 0 bridgehead atoms. The molecule has 0 unspecified atom stereocenters. The number of aromatic nitrogens is 3. The molecule has 0 aliphatic carbocycles. The Morgan fingerprint density at radius 1 is 0.919 bits per heavy atom. The van der Waals surface area contributed by atoms with Gasteiger partial charge in [0.2, 0.25) is 15.8 Å². The van der Waals surface area contributed by atoms with Crippen molar-refractivity contribution < 1.29 is 8.42 Å². The number of fused-ring (bicyclic) bond motifs is 1. The molecule has 2 fully saturated rings. The van der Waals surface area contributed by atoms with Gasteiger partial charge in [-0.15, -0.1) is 0 Å². The van der Waals surface area contributed by atoms with Gasteiger partial charge in [-0.05, 0) is 38.1 Å². The number of imidazole rings is 1. The van der Waals surface area contributed by atoms with E-state index in [4.69, 9.17) is 5.73 Å². The van der Waals surface area contributed by atoms with Crippen LogP contribution in [0.2, 0.25) is 0 Å². The summed E-state index contributed by atoms with van der Waals surface area (Å²) in [7, 11) is -3.52. The lowest BCUT2D eigenvalue weighted by Gasteiger charge is -2.35. The highest BCUT2D eigenvalue weighted by molar-refractivity contribution is 7.89. The topological polar surface area (TPSA) is 132 Å². The average molecular weight is 529 g/mol. The Kier molecular flexibility index (Phi) is 7.91. The van der Waals surface area contributed by atoms with Gasteiger partial charge in [0.05, 0.1) is 10.6 Å². The van der Waals surface area contributed by atoms with Crippen molar-refractivity contribution in [3.8, 4) is 11.3 Å². The van der Waals surface area contributed by atoms with Gasteiger partial charge in [-0.25, -0.2) is 13.4 Å². The number of H-pyrrole nitrogens is 1. The zero-order valence-corrected chi connectivity index (χ0v) is 21.9. The zero-order chi connectivity index (χ0) is 25.8. The van der Waals surface area contributed by atoms with Crippen molar-refractivity contribution in [2.75, 3.05) is 70.3 Å². The van der Waals surface area contributed by atoms with Crippen LogP contribution in [0.4, 0.5) is 5.69 Å². The summed E-state index contributed by atoms with van der Waals surface area (Å²) in [6.07, 6.45) is 7.09. The minimum Gasteiger partial charge on any atom is -0.363 e. The Hall–Kier alpha value is -2.77. The van der Waals surface area contributed by atoms with E-state index in [1.54, 1.807) is 24.3 Å². The van der Waals surface area contributed by atoms with Crippen LogP contribution in [0.3, 0.4) is 0 Å². The van der Waals surface area contributed by atoms with E-state index in [0.29, 0.717) is 43.3 Å². The molecule has 4 heterocycles. The van der Waals surface area contributed by atoms with Gasteiger partial charge in [0, 0.05) is 70.3 Å². The van der Waals surface area contributed by atoms with Crippen molar-refractivity contribution in [1.82, 2.24) is 28.9 Å². The maximum atomic E-state index is 12.9. The predicted molar refractivity (Wildman–Crippen MR) is 144 cm³/mol. The van der Waals surface area contributed by atoms with Crippen LogP contribution in [0, 0.1) is 0 Å². The van der Waals surface area contributed by atoms with Crippen molar-refractivity contribution in [3.05, 3.63) is 47.0 Å². The molecule has 1 aromatic carbocycles. The van der Waals surface area contributed by atoms with Crippen LogP contribution in [0.1, 0.15) is 19.3 Å². The summed E-state index contributed by atoms with van der Waals surface area (Å²) in [4.78, 5) is 25.2. The molecule has 2 aliphatic rings. The number of nitrogens with zero attached hydrogens (tertiary/aromatic N) is 5. The number of hydrogen-bond donors (Lipinski definition) is 3. The van der Waals surface area contributed by atoms with Gasteiger partial charge < -0.3 is 16.0 Å². The van der Waals surface area contributed by atoms with Crippen molar-refractivity contribution in [3.63, 3.8) is 0 Å². The molecule has 200 valence electrons. The number of nitrogens with two attached hydrogens (primary N) is 1. The maximum Gasteiger partial charge on any atom is 0.275 e. The Bertz CT molecular complexity index is 1350. The van der Waals surface area contributed by atoms with E-state index in [-0.39, 0.29) is 10.5 Å². The number of aromatic amines is 1. The molecule has 11 nitrogen and oxygen atoms in total. The highest BCUT2D eigenvalue weighted by Crippen LogP contribution is 2.23. The zero-order valence-electron chi connectivity index (χ0n) is 21.1. The van der Waals surface area contributed by atoms with Crippen LogP contribution < -0.4 is 21.5 Å². The van der Waals surface area contributed by atoms with Crippen molar-refractivity contribution in [2.24, 2.45) is 5.73 Å². The van der Waals surface area contributed by atoms with Gasteiger partial charge in [-0.2, -0.15) is 4.31 Å². The summed E-state index contributed by atoms with van der Waals surface area (Å²) in [5, 5.41) is 3.17. The third-order valence-electron chi connectivity index (χ3n) is 7.21. The normalized spacial score (nSPS) is 18.0. The second-order valence-electron chi connectivity index (χ2n) is 9.68. The number of benzene rings is 1. The molecule has 2 saturated heterocycles. The fraction of sp³-hybridized carbons (Fsp3) is 0.520. The maximum absolute atomic E-state index is 12.9. The summed E-state index contributed by atoms with van der Waals surface area (Å²) >= 11 is 0. The minimum absolute atomic E-state index is 0.154. The Morgan fingerprint density at radius 3 is 2.35 bits per heavy atom. The fourth-order valence-electron chi connectivity index (χ4n) is 5.01. The smallest absolute Gasteiger partial charge is 0.275 e. The van der Waals surface area contributed by atoms with Crippen LogP contribution in [0.15, 0.2) is 46.3 Å². The summed E-state index contributed by atoms with van der Waals surface area (Å²) in [5.41, 5.74) is 7.52. The van der Waals surface area contributed by atoms with E-state index in [2.05, 4.69) is 25.1 Å². The largest absolute Gasteiger partial charge is 0.363 e. The van der Waals surface area contributed by atoms with E-state index in [1.165, 1.54) is 4.31 Å². The second kappa shape index (κ2) is 11.3. The molecule has 5 rings (SSSR count). The standard InChI is InChI=1S/C25H36N8O3S/c26-8-2-1-3-11-30-14-16-31(17-15-30)23-19-32-18-22(28-25(32)29-24(23)34)20-4-6-21(7-5-20)37(35,36)33-12-9-27-10-13-33/h4-7,18-19,27H,1-3,8-17,26H2,(H,28,29,34). The molecule has 0 spiro atoms. The second-order valence-corrected chi connectivity index (χ2v) is 11.6. The highest BCUT2D eigenvalue weighted by atomic mass is 32.2. The van der Waals surface area contributed by atoms with Crippen LogP contribution in [-0.2, 0) is 10.0 Å². The molecule has 4 N–H and O–H groups in total. The number of sulfonamides is 1. The Labute approximate surface area is 217 Å². The molecule has 37 heavy (non-hydrogen) atoms. The molecular weight excluding hydrogens is 492 g/mol. The van der Waals surface area contributed by atoms with Crippen LogP contribution in [-0.4, -0.2) is 97.4 Å². The Balaban J connectivity index is 1.28. The molecular formula is C25H36N8O3S. The van der Waals surface area contributed by atoms with Crippen molar-refractivity contribution in [1.29, 1.82) is 0 Å². The van der Waals surface area contributed by atoms with E-state index in [9.17, 15) is 13.2 Å². The average Bonchev–Trinajstić information content (AvgIpc) is 3.34. The first-order valence-electron chi connectivity index (χ1n) is 13.1. The molecule has 0 saturated carbocycles. The lowest BCUT2D eigenvalue weighted by Crippen LogP contribution is -2.48. The summed E-state index contributed by atoms with van der Waals surface area (Å²) in [5.74, 6) is 0.458. The Morgan fingerprint density at radius 2 is 1.65 bits per heavy atom. The number of unbranched alkanes of at least 4 members (excludes halogenated alkanes) is 2. The van der Waals surface area contributed by atoms with Gasteiger partial charge in [0.25, 0.3) is 5.56 Å². The molecule has 0 radical (unpaired) electrons. The summed E-state index contributed by atoms with van der Waals surface area (Å²) in [6, 6.07) is 6.78. The monoisotopic (exact) mass is 528 g/mol. The third kappa shape index (κ3) is 5.73. The fourth-order valence-corrected chi connectivity index (χ4v) is 6.45.